The lowest BCUT2D eigenvalue weighted by Crippen LogP contribution is -2.34. The molecule has 0 saturated carbocycles. The van der Waals surface area contributed by atoms with Crippen molar-refractivity contribution in [2.45, 2.75) is 64.5 Å². The minimum atomic E-state index is -0.684. The van der Waals surface area contributed by atoms with E-state index >= 15 is 0 Å². The van der Waals surface area contributed by atoms with Gasteiger partial charge >= 0.3 is 5.97 Å². The number of hydrogen-bond donors (Lipinski definition) is 1. The molecule has 0 radical (unpaired) electrons. The predicted octanol–water partition coefficient (Wildman–Crippen LogP) is 1.96. The lowest BCUT2D eigenvalue weighted by Gasteiger charge is -2.27. The van der Waals surface area contributed by atoms with Crippen LogP contribution in [0.3, 0.4) is 0 Å². The second-order valence-corrected chi connectivity index (χ2v) is 5.51. The van der Waals surface area contributed by atoms with Crippen LogP contribution < -0.4 is 0 Å². The van der Waals surface area contributed by atoms with E-state index in [0.717, 1.165) is 32.4 Å². The molecule has 0 bridgehead atoms. The molecule has 0 spiro atoms. The number of carbonyl (C=O) groups is 1. The van der Waals surface area contributed by atoms with Gasteiger partial charge in [-0.05, 0) is 53.0 Å². The molecule has 0 aromatic carbocycles. The van der Waals surface area contributed by atoms with Crippen molar-refractivity contribution >= 4 is 5.97 Å². The van der Waals surface area contributed by atoms with Crippen molar-refractivity contribution in [1.82, 2.24) is 4.90 Å². The number of rotatable bonds is 5. The second-order valence-electron chi connectivity index (χ2n) is 5.51. The van der Waals surface area contributed by atoms with Crippen LogP contribution in [0.4, 0.5) is 0 Å². The molecule has 1 saturated heterocycles. The van der Waals surface area contributed by atoms with E-state index in [1.165, 1.54) is 0 Å². The van der Waals surface area contributed by atoms with Gasteiger partial charge in [0.25, 0.3) is 0 Å². The van der Waals surface area contributed by atoms with Crippen molar-refractivity contribution in [1.29, 1.82) is 0 Å². The van der Waals surface area contributed by atoms with Crippen molar-refractivity contribution < 1.29 is 14.6 Å². The van der Waals surface area contributed by atoms with Crippen LogP contribution in [0.1, 0.15) is 52.9 Å². The molecule has 1 atom stereocenters. The van der Waals surface area contributed by atoms with E-state index in [-0.39, 0.29) is 5.97 Å². The molecule has 106 valence electrons. The molecular formula is C14H27NO3. The van der Waals surface area contributed by atoms with E-state index in [2.05, 4.69) is 18.7 Å². The molecule has 1 unspecified atom stereocenters. The zero-order chi connectivity index (χ0) is 13.6. The number of esters is 1. The summed E-state index contributed by atoms with van der Waals surface area (Å²) in [6, 6.07) is 0.525. The third kappa shape index (κ3) is 4.94. The fourth-order valence-electron chi connectivity index (χ4n) is 2.53. The van der Waals surface area contributed by atoms with E-state index in [0.29, 0.717) is 25.5 Å². The van der Waals surface area contributed by atoms with Gasteiger partial charge in [0, 0.05) is 19.0 Å². The van der Waals surface area contributed by atoms with E-state index in [1.807, 2.05) is 0 Å². The molecule has 1 fully saturated rings. The second kappa shape index (κ2) is 7.10. The highest BCUT2D eigenvalue weighted by Gasteiger charge is 2.31. The Labute approximate surface area is 110 Å². The Balaban J connectivity index is 2.41. The van der Waals surface area contributed by atoms with Crippen LogP contribution in [-0.2, 0) is 9.53 Å². The van der Waals surface area contributed by atoms with Crippen LogP contribution in [0.25, 0.3) is 0 Å². The van der Waals surface area contributed by atoms with Crippen LogP contribution >= 0.6 is 0 Å². The molecule has 0 aliphatic carbocycles. The summed E-state index contributed by atoms with van der Waals surface area (Å²) in [4.78, 5) is 13.7. The highest BCUT2D eigenvalue weighted by atomic mass is 16.5. The average molecular weight is 257 g/mol. The van der Waals surface area contributed by atoms with Crippen LogP contribution in [0.2, 0.25) is 0 Å². The first kappa shape index (κ1) is 15.4. The first-order chi connectivity index (χ1) is 8.47. The third-order valence-corrected chi connectivity index (χ3v) is 3.78. The predicted molar refractivity (Wildman–Crippen MR) is 71.4 cm³/mol. The molecular weight excluding hydrogens is 230 g/mol. The number of ether oxygens (including phenoxy) is 1. The number of hydrogen-bond acceptors (Lipinski definition) is 4. The Hall–Kier alpha value is -0.610. The molecule has 4 heteroatoms. The molecule has 4 nitrogen and oxygen atoms in total. The van der Waals surface area contributed by atoms with Gasteiger partial charge < -0.3 is 14.7 Å². The quantitative estimate of drug-likeness (QED) is 0.765. The van der Waals surface area contributed by atoms with Gasteiger partial charge in [-0.3, -0.25) is 4.79 Å². The van der Waals surface area contributed by atoms with E-state index in [4.69, 9.17) is 4.74 Å². The van der Waals surface area contributed by atoms with E-state index in [9.17, 15) is 9.90 Å². The summed E-state index contributed by atoms with van der Waals surface area (Å²) in [5, 5.41) is 10.5. The zero-order valence-corrected chi connectivity index (χ0v) is 11.9. The minimum absolute atomic E-state index is 0.198. The first-order valence-corrected chi connectivity index (χ1v) is 7.09. The minimum Gasteiger partial charge on any atom is -0.466 e. The lowest BCUT2D eigenvalue weighted by molar-refractivity contribution is -0.144. The van der Waals surface area contributed by atoms with Gasteiger partial charge in [-0.2, -0.15) is 0 Å². The summed E-state index contributed by atoms with van der Waals surface area (Å²) in [6.07, 6.45) is 3.39. The van der Waals surface area contributed by atoms with Crippen molar-refractivity contribution in [2.24, 2.45) is 0 Å². The van der Waals surface area contributed by atoms with Gasteiger partial charge in [0.05, 0.1) is 12.2 Å². The number of nitrogens with zero attached hydrogens (tertiary/aromatic N) is 1. The van der Waals surface area contributed by atoms with E-state index < -0.39 is 5.60 Å². The SMILES string of the molecule is CCOC(=O)CCC1(O)CCCN(C(C)C)CC1. The largest absolute Gasteiger partial charge is 0.466 e. The van der Waals surface area contributed by atoms with Crippen molar-refractivity contribution in [3.63, 3.8) is 0 Å². The van der Waals surface area contributed by atoms with Gasteiger partial charge in [-0.1, -0.05) is 0 Å². The Bertz CT molecular complexity index is 268. The number of carbonyl (C=O) groups excluding carboxylic acids is 1. The number of likely N-dealkylation sites (tertiary alicyclic amines) is 1. The standard InChI is InChI=1S/C14H27NO3/c1-4-18-13(16)6-8-14(17)7-5-10-15(11-9-14)12(2)3/h12,17H,4-11H2,1-3H3. The molecule has 0 aromatic rings. The topological polar surface area (TPSA) is 49.8 Å². The van der Waals surface area contributed by atoms with Crippen LogP contribution in [0.15, 0.2) is 0 Å². The maximum Gasteiger partial charge on any atom is 0.305 e. The lowest BCUT2D eigenvalue weighted by atomic mass is 9.90. The molecule has 0 aromatic heterocycles. The zero-order valence-electron chi connectivity index (χ0n) is 11.9. The molecule has 0 amide bonds. The van der Waals surface area contributed by atoms with Crippen LogP contribution in [0.5, 0.6) is 0 Å². The van der Waals surface area contributed by atoms with Gasteiger partial charge in [0.2, 0.25) is 0 Å². The molecule has 1 heterocycles. The summed E-state index contributed by atoms with van der Waals surface area (Å²) < 4.78 is 4.91. The maximum absolute atomic E-state index is 11.3. The molecule has 1 N–H and O–H groups in total. The van der Waals surface area contributed by atoms with Crippen molar-refractivity contribution in [3.8, 4) is 0 Å². The Morgan fingerprint density at radius 2 is 2.11 bits per heavy atom. The van der Waals surface area contributed by atoms with Crippen LogP contribution in [-0.4, -0.2) is 47.3 Å². The maximum atomic E-state index is 11.3. The molecule has 1 aliphatic rings. The Morgan fingerprint density at radius 1 is 1.39 bits per heavy atom. The van der Waals surface area contributed by atoms with Crippen LogP contribution in [0, 0.1) is 0 Å². The summed E-state index contributed by atoms with van der Waals surface area (Å²) in [5.41, 5.74) is -0.684. The summed E-state index contributed by atoms with van der Waals surface area (Å²) >= 11 is 0. The number of aliphatic hydroxyl groups is 1. The monoisotopic (exact) mass is 257 g/mol. The third-order valence-electron chi connectivity index (χ3n) is 3.78. The van der Waals surface area contributed by atoms with Gasteiger partial charge in [-0.25, -0.2) is 0 Å². The highest BCUT2D eigenvalue weighted by molar-refractivity contribution is 5.69. The average Bonchev–Trinajstić information content (AvgIpc) is 2.50. The van der Waals surface area contributed by atoms with Crippen molar-refractivity contribution in [2.75, 3.05) is 19.7 Å². The van der Waals surface area contributed by atoms with Gasteiger partial charge in [0.1, 0.15) is 0 Å². The molecule has 18 heavy (non-hydrogen) atoms. The summed E-state index contributed by atoms with van der Waals surface area (Å²) in [5.74, 6) is -0.198. The molecule has 1 aliphatic heterocycles. The van der Waals surface area contributed by atoms with Crippen molar-refractivity contribution in [3.05, 3.63) is 0 Å². The Kier molecular flexibility index (Phi) is 6.09. The normalized spacial score (nSPS) is 26.1. The van der Waals surface area contributed by atoms with E-state index in [1.54, 1.807) is 6.92 Å². The van der Waals surface area contributed by atoms with Gasteiger partial charge in [0.15, 0.2) is 0 Å². The fourth-order valence-corrected chi connectivity index (χ4v) is 2.53. The highest BCUT2D eigenvalue weighted by Crippen LogP contribution is 2.27. The summed E-state index contributed by atoms with van der Waals surface area (Å²) in [7, 11) is 0. The summed E-state index contributed by atoms with van der Waals surface area (Å²) in [6.45, 7) is 8.54. The first-order valence-electron chi connectivity index (χ1n) is 7.09. The Morgan fingerprint density at radius 3 is 2.72 bits per heavy atom. The fraction of sp³-hybridized carbons (Fsp3) is 0.929. The smallest absolute Gasteiger partial charge is 0.305 e. The molecule has 1 rings (SSSR count). The van der Waals surface area contributed by atoms with Gasteiger partial charge in [-0.15, -0.1) is 0 Å².